The zero-order valence-electron chi connectivity index (χ0n) is 10.2. The zero-order valence-corrected chi connectivity index (χ0v) is 10.2. The Morgan fingerprint density at radius 1 is 1.39 bits per heavy atom. The van der Waals surface area contributed by atoms with Crippen molar-refractivity contribution < 1.29 is 4.79 Å². The van der Waals surface area contributed by atoms with Crippen LogP contribution in [0.25, 0.3) is 0 Å². The van der Waals surface area contributed by atoms with Gasteiger partial charge in [0.15, 0.2) is 5.82 Å². The van der Waals surface area contributed by atoms with Crippen LogP contribution in [0.4, 0.5) is 0 Å². The van der Waals surface area contributed by atoms with Gasteiger partial charge in [-0.25, -0.2) is 0 Å². The first-order valence-corrected chi connectivity index (χ1v) is 6.32. The van der Waals surface area contributed by atoms with Crippen molar-refractivity contribution in [1.29, 1.82) is 5.26 Å². The quantitative estimate of drug-likeness (QED) is 0.730. The van der Waals surface area contributed by atoms with Crippen LogP contribution in [-0.4, -0.2) is 32.1 Å². The first kappa shape index (κ1) is 11.2. The second-order valence-electron chi connectivity index (χ2n) is 5.07. The van der Waals surface area contributed by atoms with Crippen LogP contribution in [0.2, 0.25) is 0 Å². The fourth-order valence-corrected chi connectivity index (χ4v) is 2.89. The lowest BCUT2D eigenvalue weighted by molar-refractivity contribution is -0.140. The molecule has 1 aromatic heterocycles. The molecule has 0 atom stereocenters. The van der Waals surface area contributed by atoms with E-state index < -0.39 is 5.41 Å². The highest BCUT2D eigenvalue weighted by Gasteiger charge is 2.44. The number of aromatic nitrogens is 3. The molecule has 1 aliphatic heterocycles. The number of carbonyl (C=O) groups excluding carboxylic acids is 1. The molecule has 1 fully saturated rings. The maximum Gasteiger partial charge on any atom is 0.243 e. The number of hydrogen-bond acceptors (Lipinski definition) is 4. The average Bonchev–Trinajstić information content (AvgIpc) is 3.06. The summed E-state index contributed by atoms with van der Waals surface area (Å²) in [6.07, 6.45) is 5.04. The largest absolute Gasteiger partial charge is 0.332 e. The van der Waals surface area contributed by atoms with Crippen LogP contribution in [0.3, 0.4) is 0 Å². The summed E-state index contributed by atoms with van der Waals surface area (Å²) in [5, 5.41) is 17.2. The van der Waals surface area contributed by atoms with Gasteiger partial charge in [-0.15, -0.1) is 10.2 Å². The predicted octanol–water partition coefficient (Wildman–Crippen LogP) is 0.704. The second kappa shape index (κ2) is 4.09. The van der Waals surface area contributed by atoms with Gasteiger partial charge in [0.1, 0.15) is 11.7 Å². The molecule has 2 aliphatic rings. The standard InChI is InChI=1S/C12H15N5O/c13-8-12(3-1-2-4-12)11(18)16-5-6-17-9-14-15-10(17)7-16/h9H,1-7H2. The fourth-order valence-electron chi connectivity index (χ4n) is 2.89. The topological polar surface area (TPSA) is 74.8 Å². The highest BCUT2D eigenvalue weighted by atomic mass is 16.2. The Bertz CT molecular complexity index is 509. The Kier molecular flexibility index (Phi) is 2.54. The second-order valence-corrected chi connectivity index (χ2v) is 5.07. The Hall–Kier alpha value is -1.90. The zero-order chi connectivity index (χ0) is 12.6. The van der Waals surface area contributed by atoms with E-state index in [-0.39, 0.29) is 5.91 Å². The van der Waals surface area contributed by atoms with E-state index in [9.17, 15) is 10.1 Å². The Labute approximate surface area is 105 Å². The molecule has 0 spiro atoms. The summed E-state index contributed by atoms with van der Waals surface area (Å²) < 4.78 is 1.96. The minimum Gasteiger partial charge on any atom is -0.332 e. The molecule has 1 aromatic rings. The van der Waals surface area contributed by atoms with Crippen LogP contribution in [0.5, 0.6) is 0 Å². The highest BCUT2D eigenvalue weighted by molar-refractivity contribution is 5.85. The van der Waals surface area contributed by atoms with Gasteiger partial charge in [0.25, 0.3) is 0 Å². The molecule has 6 heteroatoms. The van der Waals surface area contributed by atoms with Crippen LogP contribution in [-0.2, 0) is 17.9 Å². The van der Waals surface area contributed by atoms with Crippen molar-refractivity contribution in [2.45, 2.75) is 38.8 Å². The van der Waals surface area contributed by atoms with Crippen LogP contribution in [0.15, 0.2) is 6.33 Å². The summed E-state index contributed by atoms with van der Waals surface area (Å²) in [5.41, 5.74) is -0.776. The summed E-state index contributed by atoms with van der Waals surface area (Å²) in [4.78, 5) is 14.3. The third kappa shape index (κ3) is 1.58. The smallest absolute Gasteiger partial charge is 0.243 e. The molecule has 0 N–H and O–H groups in total. The molecular formula is C12H15N5O. The minimum absolute atomic E-state index is 0.0169. The molecule has 0 aromatic carbocycles. The van der Waals surface area contributed by atoms with E-state index in [2.05, 4.69) is 16.3 Å². The summed E-state index contributed by atoms with van der Waals surface area (Å²) >= 11 is 0. The van der Waals surface area contributed by atoms with E-state index in [0.717, 1.165) is 25.2 Å². The summed E-state index contributed by atoms with van der Waals surface area (Å²) in [5.74, 6) is 0.789. The van der Waals surface area contributed by atoms with E-state index in [1.165, 1.54) is 0 Å². The van der Waals surface area contributed by atoms with Crippen LogP contribution in [0, 0.1) is 16.7 Å². The Morgan fingerprint density at radius 2 is 2.17 bits per heavy atom. The van der Waals surface area contributed by atoms with Gasteiger partial charge in [0, 0.05) is 13.1 Å². The molecule has 0 radical (unpaired) electrons. The van der Waals surface area contributed by atoms with Gasteiger partial charge in [-0.2, -0.15) is 5.26 Å². The van der Waals surface area contributed by atoms with E-state index in [0.29, 0.717) is 25.9 Å². The molecule has 2 heterocycles. The van der Waals surface area contributed by atoms with Crippen LogP contribution >= 0.6 is 0 Å². The van der Waals surface area contributed by atoms with E-state index >= 15 is 0 Å². The van der Waals surface area contributed by atoms with Gasteiger partial charge >= 0.3 is 0 Å². The maximum atomic E-state index is 12.5. The molecule has 1 aliphatic carbocycles. The SMILES string of the molecule is N#CC1(C(=O)N2CCn3cnnc3C2)CCCC1. The lowest BCUT2D eigenvalue weighted by Crippen LogP contribution is -2.45. The van der Waals surface area contributed by atoms with Crippen LogP contribution < -0.4 is 0 Å². The molecule has 1 saturated carbocycles. The number of rotatable bonds is 1. The maximum absolute atomic E-state index is 12.5. The molecular weight excluding hydrogens is 230 g/mol. The van der Waals surface area contributed by atoms with Crippen molar-refractivity contribution in [2.75, 3.05) is 6.54 Å². The van der Waals surface area contributed by atoms with E-state index in [1.807, 2.05) is 4.57 Å². The van der Waals surface area contributed by atoms with E-state index in [1.54, 1.807) is 11.2 Å². The summed E-state index contributed by atoms with van der Waals surface area (Å²) in [6.45, 7) is 1.84. The minimum atomic E-state index is -0.776. The number of nitriles is 1. The van der Waals surface area contributed by atoms with Gasteiger partial charge in [0.2, 0.25) is 5.91 Å². The summed E-state index contributed by atoms with van der Waals surface area (Å²) in [7, 11) is 0. The number of hydrogen-bond donors (Lipinski definition) is 0. The monoisotopic (exact) mass is 245 g/mol. The molecule has 94 valence electrons. The molecule has 6 nitrogen and oxygen atoms in total. The van der Waals surface area contributed by atoms with Crippen molar-refractivity contribution in [3.05, 3.63) is 12.2 Å². The average molecular weight is 245 g/mol. The van der Waals surface area contributed by atoms with Gasteiger partial charge in [0.05, 0.1) is 12.6 Å². The third-order valence-corrected chi connectivity index (χ3v) is 4.01. The summed E-state index contributed by atoms with van der Waals surface area (Å²) in [6, 6.07) is 2.26. The molecule has 0 unspecified atom stereocenters. The highest BCUT2D eigenvalue weighted by Crippen LogP contribution is 2.39. The fraction of sp³-hybridized carbons (Fsp3) is 0.667. The van der Waals surface area contributed by atoms with Crippen molar-refractivity contribution in [2.24, 2.45) is 5.41 Å². The number of amides is 1. The van der Waals surface area contributed by atoms with Crippen molar-refractivity contribution in [1.82, 2.24) is 19.7 Å². The first-order chi connectivity index (χ1) is 8.75. The van der Waals surface area contributed by atoms with Gasteiger partial charge < -0.3 is 9.47 Å². The van der Waals surface area contributed by atoms with Crippen molar-refractivity contribution in [3.8, 4) is 6.07 Å². The molecule has 3 rings (SSSR count). The third-order valence-electron chi connectivity index (χ3n) is 4.01. The van der Waals surface area contributed by atoms with Crippen molar-refractivity contribution in [3.63, 3.8) is 0 Å². The van der Waals surface area contributed by atoms with Gasteiger partial charge in [-0.3, -0.25) is 4.79 Å². The molecule has 0 saturated heterocycles. The normalized spacial score (nSPS) is 21.4. The number of nitrogens with zero attached hydrogens (tertiary/aromatic N) is 5. The van der Waals surface area contributed by atoms with Crippen LogP contribution in [0.1, 0.15) is 31.5 Å². The first-order valence-electron chi connectivity index (χ1n) is 6.32. The van der Waals surface area contributed by atoms with Gasteiger partial charge in [-0.05, 0) is 12.8 Å². The Morgan fingerprint density at radius 3 is 2.89 bits per heavy atom. The van der Waals surface area contributed by atoms with Crippen molar-refractivity contribution >= 4 is 5.91 Å². The molecule has 18 heavy (non-hydrogen) atoms. The molecule has 0 bridgehead atoms. The lowest BCUT2D eigenvalue weighted by atomic mass is 9.86. The van der Waals surface area contributed by atoms with Gasteiger partial charge in [-0.1, -0.05) is 12.8 Å². The Balaban J connectivity index is 1.81. The lowest BCUT2D eigenvalue weighted by Gasteiger charge is -2.32. The number of carbonyl (C=O) groups is 1. The van der Waals surface area contributed by atoms with E-state index in [4.69, 9.17) is 0 Å². The predicted molar refractivity (Wildman–Crippen MR) is 62.0 cm³/mol. The number of fused-ring (bicyclic) bond motifs is 1. The molecule has 1 amide bonds.